The van der Waals surface area contributed by atoms with Crippen LogP contribution >= 0.6 is 22.9 Å². The van der Waals surface area contributed by atoms with Crippen LogP contribution in [0.4, 0.5) is 16.6 Å². The topological polar surface area (TPSA) is 68.0 Å². The van der Waals surface area contributed by atoms with E-state index in [1.165, 1.54) is 11.3 Å². The van der Waals surface area contributed by atoms with E-state index in [4.69, 9.17) is 17.3 Å². The summed E-state index contributed by atoms with van der Waals surface area (Å²) >= 11 is 7.24. The molecule has 23 heavy (non-hydrogen) atoms. The van der Waals surface area contributed by atoms with Crippen LogP contribution in [-0.2, 0) is 0 Å². The maximum absolute atomic E-state index is 12.6. The molecule has 2 aromatic carbocycles. The molecule has 6 heteroatoms. The average Bonchev–Trinajstić information content (AvgIpc) is 2.90. The van der Waals surface area contributed by atoms with Crippen LogP contribution in [0.15, 0.2) is 48.5 Å². The van der Waals surface area contributed by atoms with Gasteiger partial charge >= 0.3 is 0 Å². The van der Waals surface area contributed by atoms with Gasteiger partial charge in [-0.3, -0.25) is 4.79 Å². The summed E-state index contributed by atoms with van der Waals surface area (Å²) < 4.78 is 0. The van der Waals surface area contributed by atoms with Gasteiger partial charge in [0.05, 0.1) is 0 Å². The number of ketones is 1. The molecule has 0 aliphatic carbocycles. The van der Waals surface area contributed by atoms with Crippen LogP contribution in [0.25, 0.3) is 0 Å². The number of rotatable bonds is 4. The first-order valence-corrected chi connectivity index (χ1v) is 8.13. The molecule has 1 aromatic heterocycles. The molecule has 0 aliphatic rings. The van der Waals surface area contributed by atoms with E-state index in [9.17, 15) is 4.79 Å². The molecule has 0 unspecified atom stereocenters. The van der Waals surface area contributed by atoms with Gasteiger partial charge in [-0.15, -0.1) is 0 Å². The molecule has 0 fully saturated rings. The average molecular weight is 344 g/mol. The van der Waals surface area contributed by atoms with Gasteiger partial charge in [0.1, 0.15) is 10.7 Å². The predicted octanol–water partition coefficient (Wildman–Crippen LogP) is 4.66. The van der Waals surface area contributed by atoms with Crippen molar-refractivity contribution in [3.63, 3.8) is 0 Å². The summed E-state index contributed by atoms with van der Waals surface area (Å²) in [6.45, 7) is 1.86. The molecule has 0 atom stereocenters. The van der Waals surface area contributed by atoms with Crippen molar-refractivity contribution in [1.82, 2.24) is 4.98 Å². The van der Waals surface area contributed by atoms with E-state index in [1.807, 2.05) is 37.3 Å². The van der Waals surface area contributed by atoms with Crippen molar-refractivity contribution in [2.24, 2.45) is 0 Å². The molecular formula is C17H14ClN3OS. The van der Waals surface area contributed by atoms with Gasteiger partial charge < -0.3 is 11.1 Å². The largest absolute Gasteiger partial charge is 0.382 e. The third kappa shape index (κ3) is 3.36. The molecule has 0 saturated heterocycles. The molecule has 0 aliphatic heterocycles. The maximum atomic E-state index is 12.6. The van der Waals surface area contributed by atoms with Gasteiger partial charge in [0.25, 0.3) is 0 Å². The van der Waals surface area contributed by atoms with Crippen LogP contribution in [0.1, 0.15) is 20.8 Å². The first kappa shape index (κ1) is 15.5. The number of benzene rings is 2. The number of carbonyl (C=O) groups excluding carboxylic acids is 1. The number of thiazole rings is 1. The predicted molar refractivity (Wildman–Crippen MR) is 95.9 cm³/mol. The second kappa shape index (κ2) is 6.40. The molecule has 4 nitrogen and oxygen atoms in total. The number of nitrogen functional groups attached to an aromatic ring is 1. The third-order valence-electron chi connectivity index (χ3n) is 3.30. The molecule has 0 amide bonds. The highest BCUT2D eigenvalue weighted by Gasteiger charge is 2.18. The Balaban J connectivity index is 1.88. The van der Waals surface area contributed by atoms with E-state index in [0.717, 1.165) is 11.3 Å². The second-order valence-electron chi connectivity index (χ2n) is 5.02. The zero-order valence-electron chi connectivity index (χ0n) is 12.3. The maximum Gasteiger partial charge on any atom is 0.206 e. The van der Waals surface area contributed by atoms with E-state index in [1.54, 1.807) is 18.2 Å². The quantitative estimate of drug-likeness (QED) is 0.676. The van der Waals surface area contributed by atoms with Crippen LogP contribution in [0.2, 0.25) is 5.02 Å². The number of carbonyl (C=O) groups is 1. The van der Waals surface area contributed by atoms with Crippen molar-refractivity contribution in [2.45, 2.75) is 6.92 Å². The SMILES string of the molecule is Cc1cc(C(=O)c2sc(Nc3ccccc3)nc2N)ccc1Cl. The van der Waals surface area contributed by atoms with E-state index in [-0.39, 0.29) is 11.6 Å². The smallest absolute Gasteiger partial charge is 0.206 e. The van der Waals surface area contributed by atoms with Crippen LogP contribution in [-0.4, -0.2) is 10.8 Å². The van der Waals surface area contributed by atoms with Crippen molar-refractivity contribution < 1.29 is 4.79 Å². The zero-order valence-corrected chi connectivity index (χ0v) is 13.9. The van der Waals surface area contributed by atoms with Gasteiger partial charge in [0.15, 0.2) is 5.13 Å². The molecular weight excluding hydrogens is 330 g/mol. The second-order valence-corrected chi connectivity index (χ2v) is 6.42. The van der Waals surface area contributed by atoms with Gasteiger partial charge in [0, 0.05) is 16.3 Å². The first-order chi connectivity index (χ1) is 11.0. The van der Waals surface area contributed by atoms with E-state index in [0.29, 0.717) is 20.6 Å². The lowest BCUT2D eigenvalue weighted by atomic mass is 10.1. The Morgan fingerprint density at radius 2 is 1.96 bits per heavy atom. The number of halogens is 1. The van der Waals surface area contributed by atoms with Crippen molar-refractivity contribution in [3.05, 3.63) is 69.6 Å². The van der Waals surface area contributed by atoms with E-state index < -0.39 is 0 Å². The van der Waals surface area contributed by atoms with Crippen LogP contribution in [0.3, 0.4) is 0 Å². The number of aromatic nitrogens is 1. The fourth-order valence-electron chi connectivity index (χ4n) is 2.11. The van der Waals surface area contributed by atoms with Gasteiger partial charge in [-0.1, -0.05) is 41.1 Å². The Morgan fingerprint density at radius 3 is 2.65 bits per heavy atom. The number of nitrogens with zero attached hydrogens (tertiary/aromatic N) is 1. The molecule has 0 radical (unpaired) electrons. The van der Waals surface area contributed by atoms with Gasteiger partial charge in [-0.25, -0.2) is 4.98 Å². The minimum Gasteiger partial charge on any atom is -0.382 e. The molecule has 3 rings (SSSR count). The van der Waals surface area contributed by atoms with E-state index >= 15 is 0 Å². The third-order valence-corrected chi connectivity index (χ3v) is 4.71. The van der Waals surface area contributed by atoms with Gasteiger partial charge in [-0.05, 0) is 42.8 Å². The normalized spacial score (nSPS) is 10.5. The lowest BCUT2D eigenvalue weighted by Gasteiger charge is -2.02. The highest BCUT2D eigenvalue weighted by molar-refractivity contribution is 7.18. The molecule has 0 saturated carbocycles. The summed E-state index contributed by atoms with van der Waals surface area (Å²) in [5, 5.41) is 4.36. The van der Waals surface area contributed by atoms with Crippen LogP contribution in [0, 0.1) is 6.92 Å². The standard InChI is InChI=1S/C17H14ClN3OS/c1-10-9-11(7-8-13(10)18)14(22)15-16(19)21-17(23-15)20-12-5-3-2-4-6-12/h2-9H,19H2,1H3,(H,20,21). The summed E-state index contributed by atoms with van der Waals surface area (Å²) in [6, 6.07) is 14.8. The summed E-state index contributed by atoms with van der Waals surface area (Å²) in [5.41, 5.74) is 8.20. The molecule has 0 bridgehead atoms. The molecule has 0 spiro atoms. The molecule has 116 valence electrons. The minimum absolute atomic E-state index is 0.152. The van der Waals surface area contributed by atoms with Gasteiger partial charge in [0.2, 0.25) is 5.78 Å². The number of hydrogen-bond donors (Lipinski definition) is 2. The Hall–Kier alpha value is -2.37. The fourth-order valence-corrected chi connectivity index (χ4v) is 3.09. The number of nitrogens with one attached hydrogen (secondary N) is 1. The van der Waals surface area contributed by atoms with Crippen molar-refractivity contribution in [3.8, 4) is 0 Å². The van der Waals surface area contributed by atoms with Crippen LogP contribution in [0.5, 0.6) is 0 Å². The molecule has 3 aromatic rings. The highest BCUT2D eigenvalue weighted by atomic mass is 35.5. The Labute approximate surface area is 142 Å². The van der Waals surface area contributed by atoms with Crippen molar-refractivity contribution in [1.29, 1.82) is 0 Å². The number of para-hydroxylation sites is 1. The number of hydrogen-bond acceptors (Lipinski definition) is 5. The summed E-state index contributed by atoms with van der Waals surface area (Å²) in [5.74, 6) is 0.0758. The number of nitrogens with two attached hydrogens (primary N) is 1. The monoisotopic (exact) mass is 343 g/mol. The lowest BCUT2D eigenvalue weighted by molar-refractivity contribution is 0.104. The van der Waals surface area contributed by atoms with Crippen molar-refractivity contribution in [2.75, 3.05) is 11.1 Å². The summed E-state index contributed by atoms with van der Waals surface area (Å²) in [7, 11) is 0. The number of aryl methyl sites for hydroxylation is 1. The Morgan fingerprint density at radius 1 is 1.22 bits per heavy atom. The zero-order chi connectivity index (χ0) is 16.4. The first-order valence-electron chi connectivity index (χ1n) is 6.94. The fraction of sp³-hybridized carbons (Fsp3) is 0.0588. The Kier molecular flexibility index (Phi) is 4.32. The summed E-state index contributed by atoms with van der Waals surface area (Å²) in [6.07, 6.45) is 0. The van der Waals surface area contributed by atoms with E-state index in [2.05, 4.69) is 10.3 Å². The Bertz CT molecular complexity index is 862. The minimum atomic E-state index is -0.152. The lowest BCUT2D eigenvalue weighted by Crippen LogP contribution is -2.02. The van der Waals surface area contributed by atoms with Gasteiger partial charge in [-0.2, -0.15) is 0 Å². The molecule has 3 N–H and O–H groups in total. The number of anilines is 3. The highest BCUT2D eigenvalue weighted by Crippen LogP contribution is 2.30. The summed E-state index contributed by atoms with van der Waals surface area (Å²) in [4.78, 5) is 17.3. The molecule has 1 heterocycles. The van der Waals surface area contributed by atoms with Crippen molar-refractivity contribution >= 4 is 45.4 Å². The van der Waals surface area contributed by atoms with Crippen LogP contribution < -0.4 is 11.1 Å².